The zero-order valence-electron chi connectivity index (χ0n) is 21.0. The third-order valence-electron chi connectivity index (χ3n) is 7.12. The Morgan fingerprint density at radius 2 is 1.76 bits per heavy atom. The number of halogens is 1. The first kappa shape index (κ1) is 25.7. The van der Waals surface area contributed by atoms with Crippen molar-refractivity contribution in [1.29, 1.82) is 0 Å². The molecule has 0 saturated carbocycles. The molecule has 2 amide bonds. The minimum Gasteiger partial charge on any atom is -0.486 e. The van der Waals surface area contributed by atoms with Crippen molar-refractivity contribution in [3.8, 4) is 11.5 Å². The van der Waals surface area contributed by atoms with Gasteiger partial charge in [0, 0.05) is 42.0 Å². The molecule has 2 aromatic carbocycles. The average molecular weight is 523 g/mol. The summed E-state index contributed by atoms with van der Waals surface area (Å²) in [5.41, 5.74) is 1.14. The van der Waals surface area contributed by atoms with Crippen molar-refractivity contribution in [1.82, 2.24) is 20.9 Å². The van der Waals surface area contributed by atoms with E-state index in [1.807, 2.05) is 6.20 Å². The monoisotopic (exact) mass is 522 g/mol. The first-order valence-electron chi connectivity index (χ1n) is 12.9. The van der Waals surface area contributed by atoms with E-state index in [0.717, 1.165) is 16.5 Å². The number of nitrogens with one attached hydrogen (secondary N) is 4. The summed E-state index contributed by atoms with van der Waals surface area (Å²) in [6.45, 7) is 2.41. The third-order valence-corrected chi connectivity index (χ3v) is 7.12. The predicted octanol–water partition coefficient (Wildman–Crippen LogP) is 2.64. The highest BCUT2D eigenvalue weighted by atomic mass is 19.1. The average Bonchev–Trinajstić information content (AvgIpc) is 3.33. The first-order chi connectivity index (χ1) is 18.4. The molecule has 2 aliphatic heterocycles. The van der Waals surface area contributed by atoms with Gasteiger partial charge in [-0.05, 0) is 74.3 Å². The Kier molecular flexibility index (Phi) is 7.59. The van der Waals surface area contributed by atoms with Crippen LogP contribution < -0.4 is 25.4 Å². The first-order valence-corrected chi connectivity index (χ1v) is 12.9. The molecule has 0 bridgehead atoms. The van der Waals surface area contributed by atoms with Gasteiger partial charge in [0.1, 0.15) is 24.6 Å². The lowest BCUT2D eigenvalue weighted by atomic mass is 9.86. The number of hydrogen-bond donors (Lipinski definition) is 4. The molecule has 9 nitrogen and oxygen atoms in total. The zero-order valence-corrected chi connectivity index (χ0v) is 21.0. The van der Waals surface area contributed by atoms with Crippen LogP contribution in [0.15, 0.2) is 42.6 Å². The maximum Gasteiger partial charge on any atom is 0.245 e. The number of ether oxygens (including phenoxy) is 2. The van der Waals surface area contributed by atoms with Crippen molar-refractivity contribution < 1.29 is 28.2 Å². The molecular weight excluding hydrogens is 491 g/mol. The van der Waals surface area contributed by atoms with Crippen LogP contribution in [0.25, 0.3) is 10.9 Å². The molecular formula is C28H31FN4O5. The number of H-pyrrole nitrogens is 1. The maximum absolute atomic E-state index is 13.7. The molecule has 3 aromatic rings. The number of ketones is 1. The summed E-state index contributed by atoms with van der Waals surface area (Å²) < 4.78 is 24.7. The minimum absolute atomic E-state index is 0.0124. The van der Waals surface area contributed by atoms with Gasteiger partial charge in [0.25, 0.3) is 0 Å². The van der Waals surface area contributed by atoms with Crippen molar-refractivity contribution in [2.24, 2.45) is 0 Å². The van der Waals surface area contributed by atoms with Crippen molar-refractivity contribution >= 4 is 28.5 Å². The Bertz CT molecular complexity index is 1350. The SMILES string of the molecule is O=C(CCC(=O)c1ccc2c(c1)OCCO2)NC1(C(=O)NCCc2c[nH]c3ccc(F)cc23)CCNCC1. The van der Waals surface area contributed by atoms with Gasteiger partial charge in [-0.25, -0.2) is 4.39 Å². The number of aromatic amines is 1. The second-order valence-corrected chi connectivity index (χ2v) is 9.67. The molecule has 1 aromatic heterocycles. The third kappa shape index (κ3) is 5.65. The predicted molar refractivity (Wildman–Crippen MR) is 139 cm³/mol. The lowest BCUT2D eigenvalue weighted by Crippen LogP contribution is -2.63. The topological polar surface area (TPSA) is 122 Å². The highest BCUT2D eigenvalue weighted by molar-refractivity contribution is 5.99. The summed E-state index contributed by atoms with van der Waals surface area (Å²) in [7, 11) is 0. The summed E-state index contributed by atoms with van der Waals surface area (Å²) in [5, 5.41) is 9.89. The Balaban J connectivity index is 1.16. The molecule has 200 valence electrons. The number of amides is 2. The number of rotatable bonds is 9. The number of benzene rings is 2. The van der Waals surface area contributed by atoms with Crippen LogP contribution in [-0.2, 0) is 16.0 Å². The molecule has 3 heterocycles. The zero-order chi connectivity index (χ0) is 26.5. The van der Waals surface area contributed by atoms with Gasteiger partial charge >= 0.3 is 0 Å². The van der Waals surface area contributed by atoms with Gasteiger partial charge in [0.05, 0.1) is 0 Å². The lowest BCUT2D eigenvalue weighted by Gasteiger charge is -2.37. The second-order valence-electron chi connectivity index (χ2n) is 9.67. The number of Topliss-reactive ketones (excluding diaryl/α,β-unsaturated/α-hetero) is 1. The Labute approximate surface area is 219 Å². The maximum atomic E-state index is 13.7. The molecule has 0 unspecified atom stereocenters. The van der Waals surface area contributed by atoms with Gasteiger partial charge in [-0.15, -0.1) is 0 Å². The highest BCUT2D eigenvalue weighted by Gasteiger charge is 2.40. The van der Waals surface area contributed by atoms with Crippen LogP contribution in [-0.4, -0.2) is 61.0 Å². The van der Waals surface area contributed by atoms with E-state index in [9.17, 15) is 18.8 Å². The van der Waals surface area contributed by atoms with Crippen LogP contribution in [0.5, 0.6) is 11.5 Å². The fraction of sp³-hybridized carbons (Fsp3) is 0.393. The molecule has 0 atom stereocenters. The smallest absolute Gasteiger partial charge is 0.245 e. The quantitative estimate of drug-likeness (QED) is 0.321. The molecule has 5 rings (SSSR count). The van der Waals surface area contributed by atoms with Crippen LogP contribution >= 0.6 is 0 Å². The molecule has 38 heavy (non-hydrogen) atoms. The second kappa shape index (κ2) is 11.2. The fourth-order valence-electron chi connectivity index (χ4n) is 5.02. The Hall–Kier alpha value is -3.92. The molecule has 0 radical (unpaired) electrons. The standard InChI is InChI=1S/C28H31FN4O5/c29-20-2-3-22-21(16-20)19(17-32-22)7-10-31-27(36)28(8-11-30-12-9-28)33-26(35)6-4-23(34)18-1-5-24-25(15-18)38-14-13-37-24/h1-3,5,15-17,30,32H,4,6-14H2,(H,31,36)(H,33,35). The van der Waals surface area contributed by atoms with Crippen LogP contribution in [0.3, 0.4) is 0 Å². The van der Waals surface area contributed by atoms with E-state index in [0.29, 0.717) is 69.2 Å². The summed E-state index contributed by atoms with van der Waals surface area (Å²) >= 11 is 0. The van der Waals surface area contributed by atoms with Gasteiger partial charge < -0.3 is 30.4 Å². The van der Waals surface area contributed by atoms with Gasteiger partial charge in [-0.1, -0.05) is 0 Å². The molecule has 1 fully saturated rings. The van der Waals surface area contributed by atoms with Crippen molar-refractivity contribution in [2.45, 2.75) is 37.6 Å². The number of carbonyl (C=O) groups excluding carboxylic acids is 3. The van der Waals surface area contributed by atoms with Crippen molar-refractivity contribution in [3.05, 3.63) is 59.5 Å². The number of carbonyl (C=O) groups is 3. The summed E-state index contributed by atoms with van der Waals surface area (Å²) in [5.74, 6) is 0.0230. The van der Waals surface area contributed by atoms with Crippen molar-refractivity contribution in [3.63, 3.8) is 0 Å². The number of hydrogen-bond acceptors (Lipinski definition) is 6. The number of aromatic nitrogens is 1. The van der Waals surface area contributed by atoms with E-state index >= 15 is 0 Å². The van der Waals surface area contributed by atoms with Crippen LogP contribution in [0.1, 0.15) is 41.6 Å². The van der Waals surface area contributed by atoms with Gasteiger partial charge in [0.2, 0.25) is 11.8 Å². The lowest BCUT2D eigenvalue weighted by molar-refractivity contribution is -0.134. The van der Waals surface area contributed by atoms with E-state index in [-0.39, 0.29) is 36.3 Å². The van der Waals surface area contributed by atoms with Gasteiger partial charge in [-0.3, -0.25) is 14.4 Å². The minimum atomic E-state index is -1.05. The largest absolute Gasteiger partial charge is 0.486 e. The number of fused-ring (bicyclic) bond motifs is 2. The Morgan fingerprint density at radius 1 is 0.974 bits per heavy atom. The van der Waals surface area contributed by atoms with E-state index < -0.39 is 5.54 Å². The van der Waals surface area contributed by atoms with Gasteiger partial charge in [-0.2, -0.15) is 0 Å². The van der Waals surface area contributed by atoms with Gasteiger partial charge in [0.15, 0.2) is 17.3 Å². The van der Waals surface area contributed by atoms with Crippen LogP contribution in [0.2, 0.25) is 0 Å². The number of piperidine rings is 1. The summed E-state index contributed by atoms with van der Waals surface area (Å²) in [4.78, 5) is 42.0. The normalized spacial score (nSPS) is 16.1. The van der Waals surface area contributed by atoms with Crippen LogP contribution in [0, 0.1) is 5.82 Å². The molecule has 1 saturated heterocycles. The van der Waals surface area contributed by atoms with Crippen molar-refractivity contribution in [2.75, 3.05) is 32.8 Å². The van der Waals surface area contributed by atoms with E-state index in [4.69, 9.17) is 9.47 Å². The summed E-state index contributed by atoms with van der Waals surface area (Å²) in [6.07, 6.45) is 3.20. The Morgan fingerprint density at radius 3 is 2.58 bits per heavy atom. The molecule has 10 heteroatoms. The summed E-state index contributed by atoms with van der Waals surface area (Å²) in [6, 6.07) is 9.56. The molecule has 2 aliphatic rings. The molecule has 0 spiro atoms. The molecule has 0 aliphatic carbocycles. The molecule has 4 N–H and O–H groups in total. The van der Waals surface area contributed by atoms with E-state index in [1.54, 1.807) is 24.3 Å². The fourth-order valence-corrected chi connectivity index (χ4v) is 5.02. The van der Waals surface area contributed by atoms with E-state index in [2.05, 4.69) is 20.9 Å². The van der Waals surface area contributed by atoms with Crippen LogP contribution in [0.4, 0.5) is 4.39 Å². The highest BCUT2D eigenvalue weighted by Crippen LogP contribution is 2.31. The van der Waals surface area contributed by atoms with E-state index in [1.165, 1.54) is 12.1 Å².